The number of fused-ring (bicyclic) bond motifs is 5. The molecule has 6 atom stereocenters. The lowest BCUT2D eigenvalue weighted by Crippen LogP contribution is -2.50. The molecule has 0 aromatic heterocycles. The summed E-state index contributed by atoms with van der Waals surface area (Å²) < 4.78 is 71.3. The molecule has 2 fully saturated rings. The molecule has 10 heteroatoms. The second kappa shape index (κ2) is 10.5. The van der Waals surface area contributed by atoms with E-state index in [-0.39, 0.29) is 29.3 Å². The molecular weight excluding hydrogens is 507 g/mol. The maximum absolute atomic E-state index is 12.5. The summed E-state index contributed by atoms with van der Waals surface area (Å²) in [7, 11) is -4.36. The zero-order valence-corrected chi connectivity index (χ0v) is 22.0. The number of unbranched alkanes of at least 4 members (excludes halogenated alkanes) is 3. The number of aliphatic hydroxyl groups is 2. The van der Waals surface area contributed by atoms with Crippen LogP contribution in [0.4, 0.5) is 18.9 Å². The first-order valence-electron chi connectivity index (χ1n) is 13.2. The highest BCUT2D eigenvalue weighted by Gasteiger charge is 2.60. The van der Waals surface area contributed by atoms with Crippen LogP contribution in [-0.2, 0) is 16.7 Å². The van der Waals surface area contributed by atoms with Crippen molar-refractivity contribution in [3.05, 3.63) is 41.5 Å². The van der Waals surface area contributed by atoms with Gasteiger partial charge in [-0.05, 0) is 104 Å². The number of aliphatic hydroxyl groups excluding tert-OH is 2. The van der Waals surface area contributed by atoms with Gasteiger partial charge < -0.3 is 10.2 Å². The highest BCUT2D eigenvalue weighted by Crippen LogP contribution is 2.67. The van der Waals surface area contributed by atoms with Crippen LogP contribution in [0.2, 0.25) is 0 Å². The fourth-order valence-electron chi connectivity index (χ4n) is 7.48. The van der Waals surface area contributed by atoms with Gasteiger partial charge in [-0.25, -0.2) is 0 Å². The van der Waals surface area contributed by atoms with Crippen LogP contribution >= 0.6 is 0 Å². The molecule has 4 rings (SSSR count). The fraction of sp³-hybridized carbons (Fsp3) is 0.704. The summed E-state index contributed by atoms with van der Waals surface area (Å²) in [5.41, 5.74) is 2.26. The second-order valence-electron chi connectivity index (χ2n) is 11.4. The first-order valence-corrected chi connectivity index (χ1v) is 14.7. The number of hydrogen-bond acceptors (Lipinski definition) is 4. The van der Waals surface area contributed by atoms with Crippen molar-refractivity contribution in [2.45, 2.75) is 102 Å². The molecule has 3 unspecified atom stereocenters. The predicted molar refractivity (Wildman–Crippen MR) is 135 cm³/mol. The van der Waals surface area contributed by atoms with Crippen LogP contribution in [0.15, 0.2) is 30.4 Å². The van der Waals surface area contributed by atoms with E-state index in [1.807, 2.05) is 6.07 Å². The SMILES string of the molecule is C[C@]12CCC3c4ccc(NS(=O)(=O)O)cc4CCC3(C=CCCCCC[C@@H](O)C(F)(F)F)C1CC[C@@H]2O. The van der Waals surface area contributed by atoms with Crippen molar-refractivity contribution in [1.82, 2.24) is 0 Å². The molecule has 4 N–H and O–H groups in total. The molecule has 3 aliphatic carbocycles. The Morgan fingerprint density at radius 3 is 2.62 bits per heavy atom. The Bertz CT molecular complexity index is 1110. The largest absolute Gasteiger partial charge is 0.414 e. The maximum atomic E-state index is 12.5. The Hall–Kier alpha value is -1.62. The van der Waals surface area contributed by atoms with Crippen LogP contribution in [-0.4, -0.2) is 41.6 Å². The van der Waals surface area contributed by atoms with Gasteiger partial charge in [-0.1, -0.05) is 38.0 Å². The van der Waals surface area contributed by atoms with Crippen molar-refractivity contribution >= 4 is 16.0 Å². The Labute approximate surface area is 217 Å². The number of aryl methyl sites for hydroxylation is 1. The summed E-state index contributed by atoms with van der Waals surface area (Å²) in [5.74, 6) is 0.522. The Balaban J connectivity index is 1.51. The van der Waals surface area contributed by atoms with Crippen molar-refractivity contribution < 1.29 is 36.4 Å². The van der Waals surface area contributed by atoms with E-state index in [0.717, 1.165) is 56.9 Å². The third kappa shape index (κ3) is 5.87. The van der Waals surface area contributed by atoms with Crippen molar-refractivity contribution in [1.29, 1.82) is 0 Å². The number of alkyl halides is 3. The first-order chi connectivity index (χ1) is 17.3. The molecule has 0 radical (unpaired) electrons. The van der Waals surface area contributed by atoms with Crippen molar-refractivity contribution in [3.8, 4) is 0 Å². The number of benzene rings is 1. The zero-order chi connectivity index (χ0) is 27.1. The lowest BCUT2D eigenvalue weighted by Gasteiger charge is -2.57. The van der Waals surface area contributed by atoms with E-state index in [0.29, 0.717) is 24.4 Å². The quantitative estimate of drug-likeness (QED) is 0.175. The molecule has 208 valence electrons. The normalized spacial score (nSPS) is 32.6. The summed E-state index contributed by atoms with van der Waals surface area (Å²) >= 11 is 0. The Morgan fingerprint density at radius 2 is 1.92 bits per heavy atom. The Morgan fingerprint density at radius 1 is 1.16 bits per heavy atom. The summed E-state index contributed by atoms with van der Waals surface area (Å²) in [6.45, 7) is 2.20. The second-order valence-corrected chi connectivity index (χ2v) is 12.6. The van der Waals surface area contributed by atoms with E-state index in [2.05, 4.69) is 23.8 Å². The van der Waals surface area contributed by atoms with Gasteiger partial charge in [0.1, 0.15) is 6.10 Å². The first kappa shape index (κ1) is 28.4. The molecular formula is C27H38F3NO5S. The molecule has 6 nitrogen and oxygen atoms in total. The van der Waals surface area contributed by atoms with Crippen LogP contribution in [0.25, 0.3) is 0 Å². The minimum atomic E-state index is -4.56. The maximum Gasteiger partial charge on any atom is 0.414 e. The van der Waals surface area contributed by atoms with Gasteiger partial charge in [0.05, 0.1) is 11.8 Å². The molecule has 0 bridgehead atoms. The number of nitrogens with one attached hydrogen (secondary N) is 1. The molecule has 37 heavy (non-hydrogen) atoms. The number of rotatable bonds is 9. The fourth-order valence-corrected chi connectivity index (χ4v) is 7.91. The Kier molecular flexibility index (Phi) is 8.06. The van der Waals surface area contributed by atoms with E-state index in [9.17, 15) is 26.7 Å². The summed E-state index contributed by atoms with van der Waals surface area (Å²) in [4.78, 5) is 0. The van der Waals surface area contributed by atoms with Gasteiger partial charge in [-0.2, -0.15) is 21.6 Å². The van der Waals surface area contributed by atoms with E-state index < -0.39 is 22.6 Å². The smallest absolute Gasteiger partial charge is 0.393 e. The molecule has 0 amide bonds. The van der Waals surface area contributed by atoms with Crippen LogP contribution in [0.1, 0.15) is 88.2 Å². The molecule has 1 aromatic rings. The van der Waals surface area contributed by atoms with Crippen LogP contribution < -0.4 is 4.72 Å². The minimum absolute atomic E-state index is 0.151. The number of hydrogen-bond donors (Lipinski definition) is 4. The van der Waals surface area contributed by atoms with Crippen LogP contribution in [0, 0.1) is 16.7 Å². The molecule has 2 saturated carbocycles. The molecule has 0 spiro atoms. The third-order valence-corrected chi connectivity index (χ3v) is 9.80. The molecule has 0 heterocycles. The topological polar surface area (TPSA) is 107 Å². The molecule has 1 aromatic carbocycles. The van der Waals surface area contributed by atoms with Gasteiger partial charge in [0.25, 0.3) is 0 Å². The summed E-state index contributed by atoms with van der Waals surface area (Å²) in [6.07, 6.45) is 4.58. The van der Waals surface area contributed by atoms with Gasteiger partial charge in [0.2, 0.25) is 0 Å². The van der Waals surface area contributed by atoms with Crippen molar-refractivity contribution in [2.24, 2.45) is 16.7 Å². The molecule has 0 aliphatic heterocycles. The highest BCUT2D eigenvalue weighted by molar-refractivity contribution is 7.87. The van der Waals surface area contributed by atoms with E-state index in [1.54, 1.807) is 12.1 Å². The van der Waals surface area contributed by atoms with Gasteiger partial charge in [-0.15, -0.1) is 0 Å². The molecule has 3 aliphatic rings. The average molecular weight is 546 g/mol. The summed E-state index contributed by atoms with van der Waals surface area (Å²) in [6, 6.07) is 5.43. The number of anilines is 1. The zero-order valence-electron chi connectivity index (χ0n) is 21.2. The highest BCUT2D eigenvalue weighted by atomic mass is 32.2. The minimum Gasteiger partial charge on any atom is -0.393 e. The summed E-state index contributed by atoms with van der Waals surface area (Å²) in [5, 5.41) is 20.1. The van der Waals surface area contributed by atoms with Crippen LogP contribution in [0.3, 0.4) is 0 Å². The van der Waals surface area contributed by atoms with E-state index >= 15 is 0 Å². The molecule has 0 saturated heterocycles. The number of allylic oxidation sites excluding steroid dienone is 2. The van der Waals surface area contributed by atoms with Gasteiger partial charge in [-0.3, -0.25) is 9.27 Å². The van der Waals surface area contributed by atoms with E-state index in [4.69, 9.17) is 9.66 Å². The van der Waals surface area contributed by atoms with E-state index in [1.165, 1.54) is 5.56 Å². The average Bonchev–Trinajstić information content (AvgIpc) is 3.11. The van der Waals surface area contributed by atoms with Crippen molar-refractivity contribution in [2.75, 3.05) is 4.72 Å². The predicted octanol–water partition coefficient (Wildman–Crippen LogP) is 5.92. The third-order valence-electron chi connectivity index (χ3n) is 9.30. The number of halogens is 3. The lowest BCUT2D eigenvalue weighted by atomic mass is 9.47. The van der Waals surface area contributed by atoms with Gasteiger partial charge in [0.15, 0.2) is 0 Å². The monoisotopic (exact) mass is 545 g/mol. The van der Waals surface area contributed by atoms with Gasteiger partial charge in [0, 0.05) is 0 Å². The van der Waals surface area contributed by atoms with Crippen LogP contribution in [0.5, 0.6) is 0 Å². The van der Waals surface area contributed by atoms with Gasteiger partial charge >= 0.3 is 16.5 Å². The lowest BCUT2D eigenvalue weighted by molar-refractivity contribution is -0.205. The van der Waals surface area contributed by atoms with Crippen molar-refractivity contribution in [3.63, 3.8) is 0 Å². The standard InChI is InChI=1S/C27H38F3NO5S/c1-25-15-13-21-20-9-8-19(31-37(34,35)36)17-18(20)12-16-26(21,22(25)10-11-23(25)32)14-6-4-2-3-5-7-24(33)27(28,29)30/h6,8-9,14,17,21-24,31-33H,2-5,7,10-13,15-16H2,1H3,(H,34,35,36)/t21?,22?,23-,24+,25-,26?/m0/s1.